The van der Waals surface area contributed by atoms with Gasteiger partial charge in [0.2, 0.25) is 0 Å². The molecule has 0 aliphatic heterocycles. The van der Waals surface area contributed by atoms with Crippen molar-refractivity contribution in [1.82, 2.24) is 0 Å². The fraction of sp³-hybridized carbons (Fsp3) is 0.769. The second kappa shape index (κ2) is 13.4. The Kier molecular flexibility index (Phi) is 12.0. The molecule has 1 aromatic carbocycles. The van der Waals surface area contributed by atoms with Gasteiger partial charge in [-0.05, 0) is 60.5 Å². The monoisotopic (exact) mass is 358 g/mol. The molecule has 150 valence electrons. The van der Waals surface area contributed by atoms with Gasteiger partial charge in [0, 0.05) is 0 Å². The highest BCUT2D eigenvalue weighted by molar-refractivity contribution is 5.22. The predicted octanol–water partition coefficient (Wildman–Crippen LogP) is 8.48. The molecular weight excluding hydrogens is 312 g/mol. The molecule has 2 atom stereocenters. The summed E-state index contributed by atoms with van der Waals surface area (Å²) < 4.78 is 0. The Morgan fingerprint density at radius 1 is 0.500 bits per heavy atom. The normalized spacial score (nSPS) is 14.2. The lowest BCUT2D eigenvalue weighted by Crippen LogP contribution is -2.00. The molecular formula is C26H46. The van der Waals surface area contributed by atoms with E-state index in [1.165, 1.54) is 75.3 Å². The summed E-state index contributed by atoms with van der Waals surface area (Å²) in [4.78, 5) is 0. The Bertz CT molecular complexity index is 397. The third-order valence-electron chi connectivity index (χ3n) is 5.83. The van der Waals surface area contributed by atoms with Crippen LogP contribution in [0.15, 0.2) is 24.3 Å². The average molecular weight is 359 g/mol. The van der Waals surface area contributed by atoms with E-state index in [1.807, 2.05) is 0 Å². The van der Waals surface area contributed by atoms with Gasteiger partial charge in [-0.1, -0.05) is 104 Å². The second-order valence-electron chi connectivity index (χ2n) is 9.75. The molecule has 0 aromatic heterocycles. The molecule has 0 saturated heterocycles. The van der Waals surface area contributed by atoms with Gasteiger partial charge in [-0.25, -0.2) is 0 Å². The summed E-state index contributed by atoms with van der Waals surface area (Å²) in [6.45, 7) is 14.2. The second-order valence-corrected chi connectivity index (χ2v) is 9.75. The number of hydrogen-bond donors (Lipinski definition) is 0. The summed E-state index contributed by atoms with van der Waals surface area (Å²) in [5, 5.41) is 0. The Morgan fingerprint density at radius 3 is 1.15 bits per heavy atom. The molecule has 1 rings (SSSR count). The van der Waals surface area contributed by atoms with E-state index in [1.54, 1.807) is 0 Å². The summed E-state index contributed by atoms with van der Waals surface area (Å²) in [6, 6.07) is 9.50. The lowest BCUT2D eigenvalue weighted by molar-refractivity contribution is 0.436. The lowest BCUT2D eigenvalue weighted by atomic mass is 9.92. The van der Waals surface area contributed by atoms with Crippen LogP contribution in [-0.4, -0.2) is 0 Å². The van der Waals surface area contributed by atoms with Gasteiger partial charge in [-0.2, -0.15) is 0 Å². The van der Waals surface area contributed by atoms with Crippen molar-refractivity contribution >= 4 is 0 Å². The maximum absolute atomic E-state index is 2.43. The van der Waals surface area contributed by atoms with Gasteiger partial charge in [0.1, 0.15) is 0 Å². The zero-order valence-corrected chi connectivity index (χ0v) is 18.7. The predicted molar refractivity (Wildman–Crippen MR) is 119 cm³/mol. The molecule has 0 amide bonds. The standard InChI is InChI=1S/C26H46/c1-21(2)9-7-11-23(5)13-15-25-17-19-26(20-18-25)16-14-24(6)12-8-10-22(3)4/h17-24H,7-16H2,1-6H3. The molecule has 0 heteroatoms. The van der Waals surface area contributed by atoms with Crippen molar-refractivity contribution in [2.45, 2.75) is 106 Å². The van der Waals surface area contributed by atoms with E-state index in [2.05, 4.69) is 65.8 Å². The molecule has 0 spiro atoms. The smallest absolute Gasteiger partial charge is 0.0276 e. The Morgan fingerprint density at radius 2 is 0.846 bits per heavy atom. The van der Waals surface area contributed by atoms with Crippen LogP contribution in [-0.2, 0) is 12.8 Å². The Labute approximate surface area is 165 Å². The van der Waals surface area contributed by atoms with Gasteiger partial charge in [0.15, 0.2) is 0 Å². The molecule has 0 bridgehead atoms. The minimum atomic E-state index is 0.854. The Balaban J connectivity index is 2.22. The number of hydrogen-bond acceptors (Lipinski definition) is 0. The molecule has 0 N–H and O–H groups in total. The van der Waals surface area contributed by atoms with Crippen LogP contribution in [0.25, 0.3) is 0 Å². The van der Waals surface area contributed by atoms with Gasteiger partial charge in [-0.3, -0.25) is 0 Å². The summed E-state index contributed by atoms with van der Waals surface area (Å²) in [5.74, 6) is 3.43. The average Bonchev–Trinajstić information content (AvgIpc) is 2.58. The molecule has 1 aromatic rings. The molecule has 0 aliphatic rings. The van der Waals surface area contributed by atoms with Crippen molar-refractivity contribution < 1.29 is 0 Å². The van der Waals surface area contributed by atoms with E-state index < -0.39 is 0 Å². The minimum absolute atomic E-state index is 0.854. The first-order valence-electron chi connectivity index (χ1n) is 11.4. The maximum atomic E-state index is 2.43. The molecule has 0 heterocycles. The van der Waals surface area contributed by atoms with E-state index in [4.69, 9.17) is 0 Å². The maximum Gasteiger partial charge on any atom is -0.0276 e. The fourth-order valence-corrected chi connectivity index (χ4v) is 3.74. The number of rotatable bonds is 14. The van der Waals surface area contributed by atoms with Crippen LogP contribution in [0.3, 0.4) is 0 Å². The van der Waals surface area contributed by atoms with Crippen LogP contribution in [0.1, 0.15) is 104 Å². The highest BCUT2D eigenvalue weighted by Crippen LogP contribution is 2.20. The molecule has 0 aliphatic carbocycles. The number of aryl methyl sites for hydroxylation is 2. The summed E-state index contributed by atoms with van der Waals surface area (Å²) >= 11 is 0. The third kappa shape index (κ3) is 11.8. The van der Waals surface area contributed by atoms with Crippen LogP contribution >= 0.6 is 0 Å². The van der Waals surface area contributed by atoms with Crippen molar-refractivity contribution in [3.63, 3.8) is 0 Å². The highest BCUT2D eigenvalue weighted by atomic mass is 14.1. The summed E-state index contributed by atoms with van der Waals surface area (Å²) in [6.07, 6.45) is 13.5. The largest absolute Gasteiger partial charge is 0.0628 e. The van der Waals surface area contributed by atoms with Gasteiger partial charge in [0.25, 0.3) is 0 Å². The zero-order valence-electron chi connectivity index (χ0n) is 18.7. The van der Waals surface area contributed by atoms with Crippen molar-refractivity contribution in [2.75, 3.05) is 0 Å². The van der Waals surface area contributed by atoms with Gasteiger partial charge < -0.3 is 0 Å². The van der Waals surface area contributed by atoms with Crippen LogP contribution < -0.4 is 0 Å². The van der Waals surface area contributed by atoms with Crippen molar-refractivity contribution in [3.05, 3.63) is 35.4 Å². The zero-order chi connectivity index (χ0) is 19.4. The van der Waals surface area contributed by atoms with Crippen molar-refractivity contribution in [1.29, 1.82) is 0 Å². The molecule has 0 nitrogen and oxygen atoms in total. The molecule has 26 heavy (non-hydrogen) atoms. The van der Waals surface area contributed by atoms with Crippen molar-refractivity contribution in [2.24, 2.45) is 23.7 Å². The molecule has 0 radical (unpaired) electrons. The SMILES string of the molecule is CC(C)CCCC(C)CCc1ccc(CCC(C)CCCC(C)C)cc1. The molecule has 0 saturated carbocycles. The van der Waals surface area contributed by atoms with Crippen molar-refractivity contribution in [3.8, 4) is 0 Å². The minimum Gasteiger partial charge on any atom is -0.0628 e. The Hall–Kier alpha value is -0.780. The summed E-state index contributed by atoms with van der Waals surface area (Å²) in [7, 11) is 0. The first-order chi connectivity index (χ1) is 12.4. The highest BCUT2D eigenvalue weighted by Gasteiger charge is 2.06. The van der Waals surface area contributed by atoms with E-state index in [0.717, 1.165) is 23.7 Å². The molecule has 0 fully saturated rings. The van der Waals surface area contributed by atoms with Gasteiger partial charge in [-0.15, -0.1) is 0 Å². The molecule has 2 unspecified atom stereocenters. The third-order valence-corrected chi connectivity index (χ3v) is 5.83. The van der Waals surface area contributed by atoms with Crippen LogP contribution in [0.5, 0.6) is 0 Å². The van der Waals surface area contributed by atoms with Crippen LogP contribution in [0.2, 0.25) is 0 Å². The van der Waals surface area contributed by atoms with Gasteiger partial charge in [0.05, 0.1) is 0 Å². The quantitative estimate of drug-likeness (QED) is 0.313. The van der Waals surface area contributed by atoms with E-state index in [0.29, 0.717) is 0 Å². The van der Waals surface area contributed by atoms with Gasteiger partial charge >= 0.3 is 0 Å². The summed E-state index contributed by atoms with van der Waals surface area (Å²) in [5.41, 5.74) is 3.05. The van der Waals surface area contributed by atoms with Crippen LogP contribution in [0.4, 0.5) is 0 Å². The van der Waals surface area contributed by atoms with Crippen LogP contribution in [0, 0.1) is 23.7 Å². The fourth-order valence-electron chi connectivity index (χ4n) is 3.74. The first kappa shape index (κ1) is 23.3. The topological polar surface area (TPSA) is 0 Å². The number of benzene rings is 1. The first-order valence-corrected chi connectivity index (χ1v) is 11.4. The van der Waals surface area contributed by atoms with E-state index >= 15 is 0 Å². The lowest BCUT2D eigenvalue weighted by Gasteiger charge is -2.13. The van der Waals surface area contributed by atoms with E-state index in [-0.39, 0.29) is 0 Å². The van der Waals surface area contributed by atoms with E-state index in [9.17, 15) is 0 Å².